The van der Waals surface area contributed by atoms with Crippen LogP contribution in [0.4, 0.5) is 33.9 Å². The summed E-state index contributed by atoms with van der Waals surface area (Å²) in [5.41, 5.74) is -0.225. The van der Waals surface area contributed by atoms with Gasteiger partial charge in [0.1, 0.15) is 23.9 Å². The van der Waals surface area contributed by atoms with E-state index in [4.69, 9.17) is 4.74 Å². The average Bonchev–Trinajstić information content (AvgIpc) is 3.32. The molecule has 40 heavy (non-hydrogen) atoms. The Hall–Kier alpha value is -4.99. The highest BCUT2D eigenvalue weighted by molar-refractivity contribution is 6.06. The number of alkyl halides is 3. The number of benzene rings is 1. The first-order valence-electron chi connectivity index (χ1n) is 11.7. The predicted octanol–water partition coefficient (Wildman–Crippen LogP) is 3.71. The molecule has 2 aromatic heterocycles. The van der Waals surface area contributed by atoms with E-state index in [0.29, 0.717) is 11.6 Å². The van der Waals surface area contributed by atoms with E-state index >= 15 is 0 Å². The molecular weight excluding hydrogens is 534 g/mol. The largest absolute Gasteiger partial charge is 0.446 e. The van der Waals surface area contributed by atoms with Crippen molar-refractivity contribution in [1.82, 2.24) is 15.3 Å². The van der Waals surface area contributed by atoms with Gasteiger partial charge in [-0.05, 0) is 55.5 Å². The quantitative estimate of drug-likeness (QED) is 0.380. The lowest BCUT2D eigenvalue weighted by atomic mass is 10.1. The fourth-order valence-electron chi connectivity index (χ4n) is 3.84. The lowest BCUT2D eigenvalue weighted by molar-refractivity contribution is -0.137. The van der Waals surface area contributed by atoms with Crippen molar-refractivity contribution in [3.8, 4) is 11.8 Å². The summed E-state index contributed by atoms with van der Waals surface area (Å²) < 4.78 is 58.9. The minimum Gasteiger partial charge on any atom is -0.446 e. The van der Waals surface area contributed by atoms with E-state index in [1.165, 1.54) is 38.4 Å². The first-order chi connectivity index (χ1) is 19.0. The highest BCUT2D eigenvalue weighted by atomic mass is 19.4. The topological polar surface area (TPSA) is 105 Å². The maximum absolute atomic E-state index is 13.7. The van der Waals surface area contributed by atoms with E-state index < -0.39 is 48.0 Å². The molecule has 3 aromatic rings. The number of halogens is 4. The Morgan fingerprint density at radius 2 is 1.90 bits per heavy atom. The number of carbonyl (C=O) groups excluding carboxylic acids is 3. The molecule has 13 heteroatoms. The van der Waals surface area contributed by atoms with Gasteiger partial charge in [0.05, 0.1) is 12.1 Å². The zero-order valence-electron chi connectivity index (χ0n) is 21.1. The smallest absolute Gasteiger partial charge is 0.416 e. The van der Waals surface area contributed by atoms with Crippen LogP contribution in [0.25, 0.3) is 0 Å². The Morgan fingerprint density at radius 3 is 2.52 bits per heavy atom. The maximum Gasteiger partial charge on any atom is 0.416 e. The van der Waals surface area contributed by atoms with Crippen LogP contribution in [0, 0.1) is 24.6 Å². The maximum atomic E-state index is 13.7. The minimum absolute atomic E-state index is 0.0203. The van der Waals surface area contributed by atoms with Gasteiger partial charge in [0.15, 0.2) is 6.04 Å². The molecular formula is C27H21F4N5O4. The van der Waals surface area contributed by atoms with Crippen LogP contribution in [0.15, 0.2) is 54.7 Å². The molecule has 0 bridgehead atoms. The van der Waals surface area contributed by atoms with Crippen LogP contribution >= 0.6 is 0 Å². The van der Waals surface area contributed by atoms with Crippen molar-refractivity contribution in [1.29, 1.82) is 0 Å². The van der Waals surface area contributed by atoms with E-state index in [9.17, 15) is 31.9 Å². The molecule has 206 valence electrons. The van der Waals surface area contributed by atoms with Gasteiger partial charge in [-0.1, -0.05) is 11.8 Å². The molecule has 1 N–H and O–H groups in total. The number of nitrogens with zero attached hydrogens (tertiary/aromatic N) is 4. The number of carbonyl (C=O) groups is 3. The number of anilines is 2. The molecule has 4 rings (SSSR count). The van der Waals surface area contributed by atoms with Crippen molar-refractivity contribution < 1.29 is 36.7 Å². The van der Waals surface area contributed by atoms with Crippen molar-refractivity contribution in [3.63, 3.8) is 0 Å². The first-order valence-corrected chi connectivity index (χ1v) is 11.7. The number of pyridine rings is 2. The van der Waals surface area contributed by atoms with Gasteiger partial charge in [0, 0.05) is 30.2 Å². The standard InChI is InChI=1S/C27H21F4N5O4/c1-16-12-18(27(29,30)31)13-23(34-16)36-22(15-40-26(36)39)25(38)35(20-8-6-19(28)7-9-20)11-3-4-17-5-10-21(33-14-17)24(37)32-2/h5-10,12-14,22H,11,15H2,1-2H3,(H,32,37)/t22-/m0/s1. The van der Waals surface area contributed by atoms with E-state index in [1.54, 1.807) is 6.07 Å². The molecule has 0 spiro atoms. The summed E-state index contributed by atoms with van der Waals surface area (Å²) >= 11 is 0. The molecule has 0 saturated carbocycles. The second-order valence-electron chi connectivity index (χ2n) is 8.53. The van der Waals surface area contributed by atoms with Crippen molar-refractivity contribution in [2.45, 2.75) is 19.1 Å². The molecule has 3 heterocycles. The van der Waals surface area contributed by atoms with E-state index in [0.717, 1.165) is 28.0 Å². The number of amides is 3. The molecule has 1 aliphatic rings. The number of ether oxygens (including phenoxy) is 1. The zero-order valence-corrected chi connectivity index (χ0v) is 21.1. The van der Waals surface area contributed by atoms with Crippen LogP contribution in [0.5, 0.6) is 0 Å². The van der Waals surface area contributed by atoms with Gasteiger partial charge in [-0.15, -0.1) is 0 Å². The number of aryl methyl sites for hydroxylation is 1. The third-order valence-electron chi connectivity index (χ3n) is 5.77. The number of hydrogen-bond donors (Lipinski definition) is 1. The molecule has 1 aromatic carbocycles. The van der Waals surface area contributed by atoms with Crippen LogP contribution in [-0.2, 0) is 15.7 Å². The fourth-order valence-corrected chi connectivity index (χ4v) is 3.84. The van der Waals surface area contributed by atoms with Gasteiger partial charge >= 0.3 is 12.3 Å². The predicted molar refractivity (Wildman–Crippen MR) is 135 cm³/mol. The highest BCUT2D eigenvalue weighted by Gasteiger charge is 2.43. The second kappa shape index (κ2) is 11.4. The highest BCUT2D eigenvalue weighted by Crippen LogP contribution is 2.33. The Balaban J connectivity index is 1.65. The lowest BCUT2D eigenvalue weighted by Gasteiger charge is -2.27. The Kier molecular flexibility index (Phi) is 7.99. The van der Waals surface area contributed by atoms with Crippen molar-refractivity contribution in [2.24, 2.45) is 0 Å². The van der Waals surface area contributed by atoms with Gasteiger partial charge in [-0.25, -0.2) is 24.1 Å². The molecule has 1 saturated heterocycles. The van der Waals surface area contributed by atoms with Gasteiger partial charge in [0.2, 0.25) is 0 Å². The molecule has 0 unspecified atom stereocenters. The molecule has 1 fully saturated rings. The van der Waals surface area contributed by atoms with E-state index in [1.807, 2.05) is 0 Å². The molecule has 3 amide bonds. The number of cyclic esters (lactones) is 1. The summed E-state index contributed by atoms with van der Waals surface area (Å²) in [7, 11) is 1.47. The third kappa shape index (κ3) is 6.17. The molecule has 0 aliphatic carbocycles. The van der Waals surface area contributed by atoms with Crippen LogP contribution < -0.4 is 15.1 Å². The third-order valence-corrected chi connectivity index (χ3v) is 5.77. The van der Waals surface area contributed by atoms with Crippen molar-refractivity contribution in [2.75, 3.05) is 30.0 Å². The van der Waals surface area contributed by atoms with Gasteiger partial charge in [0.25, 0.3) is 11.8 Å². The monoisotopic (exact) mass is 555 g/mol. The van der Waals surface area contributed by atoms with Gasteiger partial charge < -0.3 is 10.1 Å². The number of nitrogens with one attached hydrogen (secondary N) is 1. The summed E-state index contributed by atoms with van der Waals surface area (Å²) in [5, 5.41) is 2.45. The minimum atomic E-state index is -4.71. The SMILES string of the molecule is CNC(=O)c1ccc(C#CCN(C(=O)[C@@H]2COC(=O)N2c2cc(C(F)(F)F)cc(C)n2)c2ccc(F)cc2)cn1. The lowest BCUT2D eigenvalue weighted by Crippen LogP contribution is -2.48. The zero-order chi connectivity index (χ0) is 29.0. The first kappa shape index (κ1) is 28.0. The van der Waals surface area contributed by atoms with Crippen LogP contribution in [0.3, 0.4) is 0 Å². The molecule has 9 nitrogen and oxygen atoms in total. The molecule has 1 aliphatic heterocycles. The number of hydrogen-bond acceptors (Lipinski definition) is 6. The molecule has 0 radical (unpaired) electrons. The number of aromatic nitrogens is 2. The summed E-state index contributed by atoms with van der Waals surface area (Å²) in [6.45, 7) is 0.632. The second-order valence-corrected chi connectivity index (χ2v) is 8.53. The number of rotatable bonds is 5. The summed E-state index contributed by atoms with van der Waals surface area (Å²) in [6.07, 6.45) is -4.39. The van der Waals surface area contributed by atoms with Crippen LogP contribution in [0.2, 0.25) is 0 Å². The summed E-state index contributed by atoms with van der Waals surface area (Å²) in [6, 6.07) is 8.02. The van der Waals surface area contributed by atoms with E-state index in [-0.39, 0.29) is 29.5 Å². The van der Waals surface area contributed by atoms with E-state index in [2.05, 4.69) is 27.1 Å². The van der Waals surface area contributed by atoms with Crippen LogP contribution in [0.1, 0.15) is 27.3 Å². The van der Waals surface area contributed by atoms with Crippen molar-refractivity contribution >= 4 is 29.4 Å². The summed E-state index contributed by atoms with van der Waals surface area (Å²) in [5.74, 6) is 3.52. The fraction of sp³-hybridized carbons (Fsp3) is 0.222. The Labute approximate surface area is 225 Å². The van der Waals surface area contributed by atoms with Gasteiger partial charge in [-0.2, -0.15) is 13.2 Å². The Morgan fingerprint density at radius 1 is 1.18 bits per heavy atom. The van der Waals surface area contributed by atoms with Gasteiger partial charge in [-0.3, -0.25) is 14.5 Å². The van der Waals surface area contributed by atoms with Crippen LogP contribution in [-0.4, -0.2) is 54.1 Å². The van der Waals surface area contributed by atoms with Crippen molar-refractivity contribution in [3.05, 3.63) is 83.1 Å². The summed E-state index contributed by atoms with van der Waals surface area (Å²) in [4.78, 5) is 47.9. The molecule has 1 atom stereocenters. The normalized spacial score (nSPS) is 14.7. The Bertz CT molecular complexity index is 1500. The average molecular weight is 555 g/mol.